The number of rotatable bonds is 8. The van der Waals surface area contributed by atoms with Gasteiger partial charge in [-0.25, -0.2) is 22.6 Å². The molecule has 0 aliphatic heterocycles. The van der Waals surface area contributed by atoms with Gasteiger partial charge in [0.2, 0.25) is 10.0 Å². The number of nitrogens with two attached hydrogens (primary N) is 1. The molecule has 1 unspecified atom stereocenters. The summed E-state index contributed by atoms with van der Waals surface area (Å²) < 4.78 is 47.2. The van der Waals surface area contributed by atoms with Crippen LogP contribution >= 0.6 is 0 Å². The molecule has 0 radical (unpaired) electrons. The molecule has 3 aromatic carbocycles. The maximum atomic E-state index is 13.4. The van der Waals surface area contributed by atoms with E-state index in [1.54, 1.807) is 23.0 Å². The van der Waals surface area contributed by atoms with Crippen LogP contribution in [0, 0.1) is 17.7 Å². The Labute approximate surface area is 210 Å². The van der Waals surface area contributed by atoms with Crippen LogP contribution in [0.5, 0.6) is 5.75 Å². The highest BCUT2D eigenvalue weighted by Gasteiger charge is 2.41. The van der Waals surface area contributed by atoms with Crippen molar-refractivity contribution in [3.8, 4) is 11.4 Å². The lowest BCUT2D eigenvalue weighted by atomic mass is 9.87. The summed E-state index contributed by atoms with van der Waals surface area (Å²) in [5.41, 5.74) is 2.51. The molecule has 1 saturated carbocycles. The van der Waals surface area contributed by atoms with Crippen LogP contribution in [-0.4, -0.2) is 23.4 Å². The second-order valence-electron chi connectivity index (χ2n) is 9.66. The Morgan fingerprint density at radius 2 is 1.72 bits per heavy atom. The number of hydrogen-bond donors (Lipinski definition) is 1. The molecule has 3 atom stereocenters. The zero-order chi connectivity index (χ0) is 25.3. The largest absolute Gasteiger partial charge is 0.485 e. The minimum absolute atomic E-state index is 0.0289. The normalized spacial score (nSPS) is 17.2. The van der Waals surface area contributed by atoms with Crippen molar-refractivity contribution in [1.29, 1.82) is 0 Å². The zero-order valence-electron chi connectivity index (χ0n) is 20.1. The summed E-state index contributed by atoms with van der Waals surface area (Å²) in [6.07, 6.45) is 5.00. The van der Waals surface area contributed by atoms with E-state index >= 15 is 0 Å². The molecule has 188 valence electrons. The molecule has 0 bridgehead atoms. The van der Waals surface area contributed by atoms with Gasteiger partial charge in [-0.05, 0) is 66.8 Å². The Kier molecular flexibility index (Phi) is 6.81. The average molecular weight is 508 g/mol. The van der Waals surface area contributed by atoms with E-state index in [1.165, 1.54) is 12.1 Å². The SMILES string of the molecule is C[C@H](C(C1CCCC1)S(N)(=O)=O)[C@@H](Oc1ccc2c(cnn2-c2ccc(F)cc2)c1)c1ccccc1. The number of hydrogen-bond acceptors (Lipinski definition) is 4. The van der Waals surface area contributed by atoms with Crippen LogP contribution in [0.25, 0.3) is 16.6 Å². The van der Waals surface area contributed by atoms with E-state index in [4.69, 9.17) is 9.88 Å². The summed E-state index contributed by atoms with van der Waals surface area (Å²) >= 11 is 0. The number of sulfonamides is 1. The molecule has 1 aliphatic carbocycles. The van der Waals surface area contributed by atoms with Crippen LogP contribution in [0.4, 0.5) is 4.39 Å². The van der Waals surface area contributed by atoms with Crippen molar-refractivity contribution in [3.63, 3.8) is 0 Å². The van der Waals surface area contributed by atoms with Crippen molar-refractivity contribution in [3.05, 3.63) is 90.4 Å². The number of aromatic nitrogens is 2. The summed E-state index contributed by atoms with van der Waals surface area (Å²) in [6, 6.07) is 21.5. The molecule has 0 spiro atoms. The van der Waals surface area contributed by atoms with Crippen LogP contribution in [0.15, 0.2) is 79.0 Å². The maximum absolute atomic E-state index is 13.4. The quantitative estimate of drug-likeness (QED) is 0.328. The standard InChI is InChI=1S/C28H30FN3O3S/c1-19(28(36(30,33)34)21-9-5-6-10-21)27(20-7-3-2-4-8-20)35-25-15-16-26-22(17-25)18-31-32(26)24-13-11-23(29)12-14-24/h2-4,7-8,11-19,21,27-28H,5-6,9-10H2,1H3,(H2,30,33,34)/t19-,27+,28?/m0/s1. The number of nitrogens with zero attached hydrogens (tertiary/aromatic N) is 2. The van der Waals surface area contributed by atoms with E-state index in [1.807, 2.05) is 55.5 Å². The van der Waals surface area contributed by atoms with Gasteiger partial charge in [0.1, 0.15) is 17.7 Å². The molecular formula is C28H30FN3O3S. The summed E-state index contributed by atoms with van der Waals surface area (Å²) in [6.45, 7) is 1.93. The average Bonchev–Trinajstić information content (AvgIpc) is 3.53. The molecule has 1 heterocycles. The highest BCUT2D eigenvalue weighted by molar-refractivity contribution is 7.89. The smallest absolute Gasteiger partial charge is 0.212 e. The molecule has 5 rings (SSSR count). The predicted molar refractivity (Wildman–Crippen MR) is 139 cm³/mol. The van der Waals surface area contributed by atoms with E-state index in [2.05, 4.69) is 5.10 Å². The molecule has 8 heteroatoms. The van der Waals surface area contributed by atoms with Gasteiger partial charge in [-0.15, -0.1) is 0 Å². The first-order valence-electron chi connectivity index (χ1n) is 12.3. The highest BCUT2D eigenvalue weighted by Crippen LogP contribution is 2.40. The first kappa shape index (κ1) is 24.5. The second-order valence-corrected chi connectivity index (χ2v) is 11.4. The third-order valence-electron chi connectivity index (χ3n) is 7.24. The molecule has 1 aliphatic rings. The number of fused-ring (bicyclic) bond motifs is 1. The van der Waals surface area contributed by atoms with Crippen molar-refractivity contribution >= 4 is 20.9 Å². The summed E-state index contributed by atoms with van der Waals surface area (Å²) in [5, 5.41) is 10.4. The minimum Gasteiger partial charge on any atom is -0.485 e. The number of halogens is 1. The molecule has 6 nitrogen and oxygen atoms in total. The molecule has 36 heavy (non-hydrogen) atoms. The lowest BCUT2D eigenvalue weighted by Crippen LogP contribution is -2.42. The van der Waals surface area contributed by atoms with Gasteiger partial charge in [-0.1, -0.05) is 50.1 Å². The van der Waals surface area contributed by atoms with Crippen molar-refractivity contribution < 1.29 is 17.5 Å². The van der Waals surface area contributed by atoms with E-state index in [0.717, 1.165) is 47.8 Å². The van der Waals surface area contributed by atoms with Crippen LogP contribution in [0.2, 0.25) is 0 Å². The van der Waals surface area contributed by atoms with Gasteiger partial charge in [0, 0.05) is 11.3 Å². The number of ether oxygens (including phenoxy) is 1. The topological polar surface area (TPSA) is 87.2 Å². The third kappa shape index (κ3) is 5.01. The first-order valence-corrected chi connectivity index (χ1v) is 13.9. The van der Waals surface area contributed by atoms with E-state index < -0.39 is 21.4 Å². The van der Waals surface area contributed by atoms with E-state index in [-0.39, 0.29) is 17.7 Å². The minimum atomic E-state index is -3.78. The van der Waals surface area contributed by atoms with Crippen molar-refractivity contribution in [2.45, 2.75) is 44.0 Å². The lowest BCUT2D eigenvalue weighted by Gasteiger charge is -2.33. The highest BCUT2D eigenvalue weighted by atomic mass is 32.2. The fourth-order valence-corrected chi connectivity index (χ4v) is 7.15. The van der Waals surface area contributed by atoms with Crippen molar-refractivity contribution in [2.75, 3.05) is 0 Å². The molecule has 0 saturated heterocycles. The lowest BCUT2D eigenvalue weighted by molar-refractivity contribution is 0.129. The van der Waals surface area contributed by atoms with Crippen LogP contribution in [0.1, 0.15) is 44.3 Å². The van der Waals surface area contributed by atoms with Gasteiger partial charge in [0.15, 0.2) is 0 Å². The monoisotopic (exact) mass is 507 g/mol. The molecule has 1 fully saturated rings. The Balaban J connectivity index is 1.49. The predicted octanol–water partition coefficient (Wildman–Crippen LogP) is 5.77. The van der Waals surface area contributed by atoms with E-state index in [0.29, 0.717) is 5.75 Å². The van der Waals surface area contributed by atoms with Gasteiger partial charge >= 0.3 is 0 Å². The van der Waals surface area contributed by atoms with Gasteiger partial charge in [0.25, 0.3) is 0 Å². The van der Waals surface area contributed by atoms with Gasteiger partial charge in [-0.3, -0.25) is 0 Å². The first-order chi connectivity index (χ1) is 17.3. The molecule has 4 aromatic rings. The summed E-state index contributed by atoms with van der Waals surface area (Å²) in [4.78, 5) is 0. The molecular weight excluding hydrogens is 477 g/mol. The Morgan fingerprint density at radius 3 is 2.39 bits per heavy atom. The van der Waals surface area contributed by atoms with Crippen molar-refractivity contribution in [1.82, 2.24) is 9.78 Å². The third-order valence-corrected chi connectivity index (χ3v) is 8.81. The molecule has 2 N–H and O–H groups in total. The van der Waals surface area contributed by atoms with Gasteiger partial charge < -0.3 is 4.74 Å². The van der Waals surface area contributed by atoms with Crippen molar-refractivity contribution in [2.24, 2.45) is 17.0 Å². The fourth-order valence-electron chi connectivity index (χ4n) is 5.60. The Morgan fingerprint density at radius 1 is 1.03 bits per heavy atom. The molecule has 1 aromatic heterocycles. The van der Waals surface area contributed by atoms with E-state index in [9.17, 15) is 12.8 Å². The van der Waals surface area contributed by atoms with Gasteiger partial charge in [-0.2, -0.15) is 5.10 Å². The number of benzene rings is 3. The fraction of sp³-hybridized carbons (Fsp3) is 0.321. The zero-order valence-corrected chi connectivity index (χ0v) is 20.9. The maximum Gasteiger partial charge on any atom is 0.212 e. The molecule has 0 amide bonds. The Hall–Kier alpha value is -3.23. The van der Waals surface area contributed by atoms with Crippen LogP contribution < -0.4 is 9.88 Å². The van der Waals surface area contributed by atoms with Crippen LogP contribution in [-0.2, 0) is 10.0 Å². The Bertz CT molecular complexity index is 1430. The number of primary sulfonamides is 1. The van der Waals surface area contributed by atoms with Gasteiger partial charge in [0.05, 0.1) is 22.7 Å². The second kappa shape index (κ2) is 10.0. The summed E-state index contributed by atoms with van der Waals surface area (Å²) in [7, 11) is -3.78. The summed E-state index contributed by atoms with van der Waals surface area (Å²) in [5.74, 6) is -0.0202. The van der Waals surface area contributed by atoms with Crippen LogP contribution in [0.3, 0.4) is 0 Å².